The van der Waals surface area contributed by atoms with E-state index in [4.69, 9.17) is 9.47 Å². The number of benzene rings is 2. The van der Waals surface area contributed by atoms with Crippen LogP contribution in [0, 0.1) is 0 Å². The number of hydrogen-bond acceptors (Lipinski definition) is 5. The first-order valence-electron chi connectivity index (χ1n) is 10.4. The van der Waals surface area contributed by atoms with E-state index in [9.17, 15) is 8.42 Å². The van der Waals surface area contributed by atoms with E-state index >= 15 is 0 Å². The molecule has 1 N–H and O–H groups in total. The van der Waals surface area contributed by atoms with E-state index in [1.54, 1.807) is 0 Å². The maximum absolute atomic E-state index is 11.4. The number of nitrogens with one attached hydrogen (secondary N) is 1. The molecule has 0 saturated carbocycles. The Morgan fingerprint density at radius 3 is 2.45 bits per heavy atom. The number of morpholine rings is 1. The fourth-order valence-corrected chi connectivity index (χ4v) is 4.48. The summed E-state index contributed by atoms with van der Waals surface area (Å²) in [5.41, 5.74) is 3.23. The van der Waals surface area contributed by atoms with Gasteiger partial charge in [-0.3, -0.25) is 4.90 Å². The van der Waals surface area contributed by atoms with E-state index in [0.29, 0.717) is 6.61 Å². The van der Waals surface area contributed by atoms with Gasteiger partial charge in [0.25, 0.3) is 0 Å². The van der Waals surface area contributed by atoms with Gasteiger partial charge in [-0.15, -0.1) is 12.4 Å². The minimum Gasteiger partial charge on any atom is -0.491 e. The fourth-order valence-electron chi connectivity index (χ4n) is 3.70. The standard InChI is InChI=1S/C23H32N2O4S.ClH/c1-17(2)29-22-8-6-5-7-21(22)23-16-25(13-14-28-23)15-19-9-11-20(12-10-19)18(3)24-30(4,26)27;/h5-12,17-18,23-24H,13-16H2,1-4H3;1H/t18-,23?;/m1./s1. The smallest absolute Gasteiger partial charge is 0.209 e. The molecule has 6 nitrogen and oxygen atoms in total. The van der Waals surface area contributed by atoms with Crippen LogP contribution in [0.25, 0.3) is 0 Å². The number of para-hydroxylation sites is 1. The minimum atomic E-state index is -3.23. The zero-order valence-electron chi connectivity index (χ0n) is 18.6. The van der Waals surface area contributed by atoms with E-state index in [1.165, 1.54) is 11.8 Å². The zero-order valence-corrected chi connectivity index (χ0v) is 20.2. The highest BCUT2D eigenvalue weighted by atomic mass is 35.5. The number of ether oxygens (including phenoxy) is 2. The molecule has 0 aliphatic carbocycles. The number of nitrogens with zero attached hydrogens (tertiary/aromatic N) is 1. The first-order chi connectivity index (χ1) is 14.2. The lowest BCUT2D eigenvalue weighted by atomic mass is 10.0. The Morgan fingerprint density at radius 1 is 1.13 bits per heavy atom. The third kappa shape index (κ3) is 7.77. The van der Waals surface area contributed by atoms with Crippen molar-refractivity contribution in [1.29, 1.82) is 0 Å². The maximum Gasteiger partial charge on any atom is 0.209 e. The SMILES string of the molecule is CC(C)Oc1ccccc1C1CN(Cc2ccc([C@@H](C)NS(C)(=O)=O)cc2)CCO1.Cl. The van der Waals surface area contributed by atoms with E-state index < -0.39 is 10.0 Å². The predicted octanol–water partition coefficient (Wildman–Crippen LogP) is 4.08. The summed E-state index contributed by atoms with van der Waals surface area (Å²) < 4.78 is 37.5. The molecular formula is C23H33ClN2O4S. The maximum atomic E-state index is 11.4. The molecular weight excluding hydrogens is 436 g/mol. The molecule has 1 unspecified atom stereocenters. The highest BCUT2D eigenvalue weighted by Crippen LogP contribution is 2.31. The van der Waals surface area contributed by atoms with Gasteiger partial charge in [0.05, 0.1) is 25.1 Å². The Kier molecular flexibility index (Phi) is 9.33. The molecule has 1 saturated heterocycles. The molecule has 3 rings (SSSR count). The minimum absolute atomic E-state index is 0. The van der Waals surface area contributed by atoms with Crippen LogP contribution in [0.2, 0.25) is 0 Å². The summed E-state index contributed by atoms with van der Waals surface area (Å²) in [4.78, 5) is 2.38. The Morgan fingerprint density at radius 2 is 1.81 bits per heavy atom. The van der Waals surface area contributed by atoms with Gasteiger partial charge in [-0.05, 0) is 38.0 Å². The van der Waals surface area contributed by atoms with Crippen LogP contribution in [-0.4, -0.2) is 45.4 Å². The second-order valence-corrected chi connectivity index (χ2v) is 9.93. The van der Waals surface area contributed by atoms with Crippen molar-refractivity contribution < 1.29 is 17.9 Å². The number of rotatable bonds is 8. The summed E-state index contributed by atoms with van der Waals surface area (Å²) in [5.74, 6) is 0.885. The highest BCUT2D eigenvalue weighted by molar-refractivity contribution is 7.88. The average Bonchev–Trinajstić information content (AvgIpc) is 2.67. The predicted molar refractivity (Wildman–Crippen MR) is 126 cm³/mol. The first-order valence-corrected chi connectivity index (χ1v) is 12.3. The first kappa shape index (κ1) is 25.6. The van der Waals surface area contributed by atoms with Crippen molar-refractivity contribution in [2.45, 2.75) is 45.6 Å². The zero-order chi connectivity index (χ0) is 21.7. The largest absolute Gasteiger partial charge is 0.491 e. The van der Waals surface area contributed by atoms with Crippen LogP contribution in [0.5, 0.6) is 5.75 Å². The summed E-state index contributed by atoms with van der Waals surface area (Å²) >= 11 is 0. The molecule has 172 valence electrons. The number of hydrogen-bond donors (Lipinski definition) is 1. The fraction of sp³-hybridized carbons (Fsp3) is 0.478. The van der Waals surface area contributed by atoms with Gasteiger partial charge in [0, 0.05) is 31.2 Å². The van der Waals surface area contributed by atoms with E-state index in [1.807, 2.05) is 51.1 Å². The van der Waals surface area contributed by atoms with Crippen LogP contribution in [0.3, 0.4) is 0 Å². The van der Waals surface area contributed by atoms with E-state index in [2.05, 4.69) is 27.8 Å². The van der Waals surface area contributed by atoms with Gasteiger partial charge >= 0.3 is 0 Å². The van der Waals surface area contributed by atoms with E-state index in [0.717, 1.165) is 36.5 Å². The second kappa shape index (κ2) is 11.3. The van der Waals surface area contributed by atoms with Crippen LogP contribution in [0.1, 0.15) is 49.6 Å². The average molecular weight is 469 g/mol. The summed E-state index contributed by atoms with van der Waals surface area (Å²) in [6, 6.07) is 16.0. The highest BCUT2D eigenvalue weighted by Gasteiger charge is 2.25. The van der Waals surface area contributed by atoms with Gasteiger partial charge in [0.2, 0.25) is 10.0 Å². The van der Waals surface area contributed by atoms with Crippen LogP contribution >= 0.6 is 12.4 Å². The van der Waals surface area contributed by atoms with Crippen molar-refractivity contribution in [3.05, 3.63) is 65.2 Å². The van der Waals surface area contributed by atoms with Crippen LogP contribution in [0.15, 0.2) is 48.5 Å². The molecule has 1 fully saturated rings. The molecule has 1 aliphatic heterocycles. The lowest BCUT2D eigenvalue weighted by Crippen LogP contribution is -2.38. The van der Waals surface area contributed by atoms with Gasteiger partial charge in [-0.25, -0.2) is 13.1 Å². The Bertz CT molecular complexity index is 935. The van der Waals surface area contributed by atoms with Crippen LogP contribution in [0.4, 0.5) is 0 Å². The molecule has 31 heavy (non-hydrogen) atoms. The van der Waals surface area contributed by atoms with Crippen molar-refractivity contribution in [1.82, 2.24) is 9.62 Å². The molecule has 2 aromatic carbocycles. The Labute approximate surface area is 192 Å². The van der Waals surface area contributed by atoms with Crippen molar-refractivity contribution in [3.8, 4) is 5.75 Å². The summed E-state index contributed by atoms with van der Waals surface area (Å²) in [6.45, 7) is 9.07. The summed E-state index contributed by atoms with van der Waals surface area (Å²) in [5, 5.41) is 0. The third-order valence-corrected chi connectivity index (χ3v) is 5.84. The topological polar surface area (TPSA) is 67.9 Å². The van der Waals surface area contributed by atoms with Crippen molar-refractivity contribution in [2.24, 2.45) is 0 Å². The van der Waals surface area contributed by atoms with Gasteiger partial charge in [-0.2, -0.15) is 0 Å². The normalized spacial score (nSPS) is 18.4. The Hall–Kier alpha value is -1.64. The van der Waals surface area contributed by atoms with Crippen molar-refractivity contribution >= 4 is 22.4 Å². The van der Waals surface area contributed by atoms with Gasteiger partial charge in [0.15, 0.2) is 0 Å². The van der Waals surface area contributed by atoms with Gasteiger partial charge < -0.3 is 9.47 Å². The monoisotopic (exact) mass is 468 g/mol. The summed E-state index contributed by atoms with van der Waals surface area (Å²) in [6.07, 6.45) is 1.27. The van der Waals surface area contributed by atoms with Crippen molar-refractivity contribution in [2.75, 3.05) is 26.0 Å². The molecule has 0 bridgehead atoms. The molecule has 0 radical (unpaired) electrons. The van der Waals surface area contributed by atoms with Gasteiger partial charge in [-0.1, -0.05) is 42.5 Å². The molecule has 0 aromatic heterocycles. The number of sulfonamides is 1. The van der Waals surface area contributed by atoms with E-state index in [-0.39, 0.29) is 30.7 Å². The van der Waals surface area contributed by atoms with Gasteiger partial charge in [0.1, 0.15) is 5.75 Å². The molecule has 1 heterocycles. The molecule has 2 aromatic rings. The lowest BCUT2D eigenvalue weighted by Gasteiger charge is -2.34. The van der Waals surface area contributed by atoms with Crippen molar-refractivity contribution in [3.63, 3.8) is 0 Å². The molecule has 8 heteroatoms. The quantitative estimate of drug-likeness (QED) is 0.632. The van der Waals surface area contributed by atoms with Crippen LogP contribution < -0.4 is 9.46 Å². The lowest BCUT2D eigenvalue weighted by molar-refractivity contribution is -0.0343. The molecule has 2 atom stereocenters. The molecule has 0 spiro atoms. The number of halogens is 1. The van der Waals surface area contributed by atoms with Crippen LogP contribution in [-0.2, 0) is 21.3 Å². The Balaban J connectivity index is 0.00000341. The third-order valence-electron chi connectivity index (χ3n) is 5.06. The molecule has 1 aliphatic rings. The second-order valence-electron chi connectivity index (χ2n) is 8.15. The molecule has 0 amide bonds. The summed E-state index contributed by atoms with van der Waals surface area (Å²) in [7, 11) is -3.23.